The number of rotatable bonds is 4. The molecule has 3 N–H and O–H groups in total. The third kappa shape index (κ3) is 4.67. The SMILES string of the molecule is CC(C)c1nn(-c2noc(C3CC(=O)C3)n2)c2c(F)cccc12.CC(C)c1nn(/C(N)=N/O)c2c(F)cccc12. The van der Waals surface area contributed by atoms with Crippen molar-refractivity contribution in [1.29, 1.82) is 0 Å². The molecule has 11 nitrogen and oxygen atoms in total. The van der Waals surface area contributed by atoms with E-state index >= 15 is 0 Å². The van der Waals surface area contributed by atoms with Crippen LogP contribution in [0.15, 0.2) is 46.1 Å². The van der Waals surface area contributed by atoms with Crippen molar-refractivity contribution in [3.63, 3.8) is 0 Å². The van der Waals surface area contributed by atoms with Crippen molar-refractivity contribution >= 4 is 33.5 Å². The normalized spacial score (nSPS) is 14.3. The number of ketones is 1. The number of halogens is 2. The van der Waals surface area contributed by atoms with Gasteiger partial charge in [-0.3, -0.25) is 4.79 Å². The number of Topliss-reactive ketones (excluding diaryl/α,β-unsaturated/α-hetero) is 1. The summed E-state index contributed by atoms with van der Waals surface area (Å²) in [4.78, 5) is 15.4. The van der Waals surface area contributed by atoms with Gasteiger partial charge in [0, 0.05) is 23.6 Å². The zero-order valence-corrected chi connectivity index (χ0v) is 22.3. The molecule has 40 heavy (non-hydrogen) atoms. The van der Waals surface area contributed by atoms with Gasteiger partial charge in [-0.2, -0.15) is 24.5 Å². The van der Waals surface area contributed by atoms with E-state index in [1.165, 1.54) is 16.8 Å². The molecule has 208 valence electrons. The Morgan fingerprint density at radius 2 is 1.57 bits per heavy atom. The summed E-state index contributed by atoms with van der Waals surface area (Å²) >= 11 is 0. The fourth-order valence-electron chi connectivity index (χ4n) is 4.65. The minimum absolute atomic E-state index is 0.0278. The highest BCUT2D eigenvalue weighted by atomic mass is 19.1. The lowest BCUT2D eigenvalue weighted by Gasteiger charge is -2.19. The molecule has 0 aliphatic heterocycles. The minimum atomic E-state index is -0.450. The van der Waals surface area contributed by atoms with Gasteiger partial charge >= 0.3 is 0 Å². The first-order chi connectivity index (χ1) is 19.1. The van der Waals surface area contributed by atoms with Gasteiger partial charge in [-0.15, -0.1) is 0 Å². The molecular weight excluding hydrogens is 522 g/mol. The van der Waals surface area contributed by atoms with Gasteiger partial charge < -0.3 is 15.5 Å². The summed E-state index contributed by atoms with van der Waals surface area (Å²) < 4.78 is 35.8. The van der Waals surface area contributed by atoms with Crippen molar-refractivity contribution < 1.29 is 23.3 Å². The van der Waals surface area contributed by atoms with Crippen LogP contribution in [0.2, 0.25) is 0 Å². The smallest absolute Gasteiger partial charge is 0.291 e. The fourth-order valence-corrected chi connectivity index (χ4v) is 4.65. The van der Waals surface area contributed by atoms with E-state index in [9.17, 15) is 13.6 Å². The van der Waals surface area contributed by atoms with Gasteiger partial charge in [0.1, 0.15) is 28.5 Å². The van der Waals surface area contributed by atoms with E-state index in [-0.39, 0.29) is 46.8 Å². The van der Waals surface area contributed by atoms with Crippen LogP contribution in [0, 0.1) is 11.6 Å². The molecule has 0 spiro atoms. The summed E-state index contributed by atoms with van der Waals surface area (Å²) in [6, 6.07) is 9.58. The van der Waals surface area contributed by atoms with E-state index in [4.69, 9.17) is 15.5 Å². The lowest BCUT2D eigenvalue weighted by Crippen LogP contribution is -2.23. The van der Waals surface area contributed by atoms with Gasteiger partial charge in [0.05, 0.1) is 17.3 Å². The van der Waals surface area contributed by atoms with Gasteiger partial charge in [0.25, 0.3) is 11.9 Å². The van der Waals surface area contributed by atoms with Crippen molar-refractivity contribution in [3.05, 3.63) is 65.3 Å². The van der Waals surface area contributed by atoms with Gasteiger partial charge in [0.2, 0.25) is 5.89 Å². The summed E-state index contributed by atoms with van der Waals surface area (Å²) in [6.07, 6.45) is 0.847. The average molecular weight is 551 g/mol. The summed E-state index contributed by atoms with van der Waals surface area (Å²) in [5.41, 5.74) is 7.54. The number of para-hydroxylation sites is 2. The quantitative estimate of drug-likeness (QED) is 0.138. The molecule has 0 bridgehead atoms. The van der Waals surface area contributed by atoms with E-state index < -0.39 is 5.82 Å². The maximum absolute atomic E-state index is 14.3. The molecule has 3 aromatic heterocycles. The number of oxime groups is 1. The van der Waals surface area contributed by atoms with Crippen molar-refractivity contribution in [2.45, 2.75) is 58.3 Å². The second-order valence-electron chi connectivity index (χ2n) is 10.2. The Labute approximate surface area is 227 Å². The maximum atomic E-state index is 14.3. The van der Waals surface area contributed by atoms with Crippen LogP contribution in [0.25, 0.3) is 27.8 Å². The van der Waals surface area contributed by atoms with Crippen molar-refractivity contribution in [3.8, 4) is 5.95 Å². The number of fused-ring (bicyclic) bond motifs is 2. The zero-order chi connectivity index (χ0) is 28.7. The largest absolute Gasteiger partial charge is 0.408 e. The van der Waals surface area contributed by atoms with Gasteiger partial charge in [-0.25, -0.2) is 8.78 Å². The van der Waals surface area contributed by atoms with E-state index in [0.29, 0.717) is 35.3 Å². The Morgan fingerprint density at radius 3 is 2.15 bits per heavy atom. The Bertz CT molecular complexity index is 1740. The van der Waals surface area contributed by atoms with Gasteiger partial charge in [0.15, 0.2) is 0 Å². The highest BCUT2D eigenvalue weighted by Crippen LogP contribution is 2.34. The van der Waals surface area contributed by atoms with E-state index in [1.807, 2.05) is 33.8 Å². The van der Waals surface area contributed by atoms with Crippen LogP contribution < -0.4 is 5.73 Å². The number of hydrogen-bond acceptors (Lipinski definition) is 8. The van der Waals surface area contributed by atoms with Crippen LogP contribution in [-0.4, -0.2) is 46.7 Å². The Balaban J connectivity index is 0.000000170. The second kappa shape index (κ2) is 10.5. The maximum Gasteiger partial charge on any atom is 0.291 e. The van der Waals surface area contributed by atoms with Crippen LogP contribution in [0.5, 0.6) is 0 Å². The van der Waals surface area contributed by atoms with Crippen LogP contribution in [0.3, 0.4) is 0 Å². The third-order valence-electron chi connectivity index (χ3n) is 6.70. The summed E-state index contributed by atoms with van der Waals surface area (Å²) in [5, 5.41) is 25.5. The molecule has 5 aromatic rings. The molecule has 2 aromatic carbocycles. The predicted molar refractivity (Wildman–Crippen MR) is 143 cm³/mol. The van der Waals surface area contributed by atoms with Crippen LogP contribution >= 0.6 is 0 Å². The third-order valence-corrected chi connectivity index (χ3v) is 6.70. The molecule has 13 heteroatoms. The average Bonchev–Trinajstić information content (AvgIpc) is 3.63. The topological polar surface area (TPSA) is 150 Å². The number of carbonyl (C=O) groups excluding carboxylic acids is 1. The number of nitrogens with zero attached hydrogens (tertiary/aromatic N) is 7. The highest BCUT2D eigenvalue weighted by Gasteiger charge is 2.33. The second-order valence-corrected chi connectivity index (χ2v) is 10.2. The molecule has 1 aliphatic carbocycles. The van der Waals surface area contributed by atoms with Gasteiger partial charge in [-0.1, -0.05) is 52.0 Å². The lowest BCUT2D eigenvalue weighted by molar-refractivity contribution is -0.125. The Morgan fingerprint density at radius 1 is 1.00 bits per heavy atom. The number of carbonyl (C=O) groups is 1. The Kier molecular flexibility index (Phi) is 7.04. The fraction of sp³-hybridized carbons (Fsp3) is 0.333. The zero-order valence-electron chi connectivity index (χ0n) is 22.3. The highest BCUT2D eigenvalue weighted by molar-refractivity contribution is 5.93. The van der Waals surface area contributed by atoms with E-state index in [0.717, 1.165) is 15.8 Å². The molecule has 0 atom stereocenters. The standard InChI is InChI=1S/C16H15FN4O2.C11H13FN4O/c1-8(2)13-11-4-3-5-12(17)14(11)21(19-13)16-18-15(23-20-16)9-6-10(22)7-9;1-6(2)9-7-4-3-5-8(12)10(7)16(14-9)11(13)15-17/h3-5,8-9H,6-7H2,1-2H3;3-6,17H,1-2H3,(H2,13,15). The number of aromatic nitrogens is 6. The molecule has 1 aliphatic rings. The molecule has 3 heterocycles. The van der Waals surface area contributed by atoms with Gasteiger partial charge in [-0.05, 0) is 34.3 Å². The van der Waals surface area contributed by atoms with Crippen molar-refractivity contribution in [2.24, 2.45) is 10.9 Å². The van der Waals surface area contributed by atoms with Crippen LogP contribution in [-0.2, 0) is 4.79 Å². The predicted octanol–water partition coefficient (Wildman–Crippen LogP) is 4.97. The number of hydrogen-bond donors (Lipinski definition) is 2. The molecule has 0 amide bonds. The molecule has 0 unspecified atom stereocenters. The molecule has 1 fully saturated rings. The molecule has 6 rings (SSSR count). The minimum Gasteiger partial charge on any atom is -0.408 e. The van der Waals surface area contributed by atoms with E-state index in [2.05, 4.69) is 25.5 Å². The summed E-state index contributed by atoms with van der Waals surface area (Å²) in [7, 11) is 0. The monoisotopic (exact) mass is 550 g/mol. The van der Waals surface area contributed by atoms with Crippen molar-refractivity contribution in [1.82, 2.24) is 29.7 Å². The lowest BCUT2D eigenvalue weighted by atomic mass is 9.84. The number of benzene rings is 2. The first-order valence-electron chi connectivity index (χ1n) is 12.8. The van der Waals surface area contributed by atoms with E-state index in [1.54, 1.807) is 18.2 Å². The Hall–Kier alpha value is -4.68. The van der Waals surface area contributed by atoms with Crippen molar-refractivity contribution in [2.75, 3.05) is 0 Å². The molecular formula is C27H28F2N8O3. The molecule has 0 saturated heterocycles. The summed E-state index contributed by atoms with van der Waals surface area (Å²) in [6.45, 7) is 7.89. The van der Waals surface area contributed by atoms with Crippen LogP contribution in [0.1, 0.15) is 75.6 Å². The summed E-state index contributed by atoms with van der Waals surface area (Å²) in [5.74, 6) is -0.0738. The number of nitrogens with two attached hydrogens (primary N) is 1. The first kappa shape index (κ1) is 26.9. The first-order valence-corrected chi connectivity index (χ1v) is 12.8. The van der Waals surface area contributed by atoms with Crippen LogP contribution in [0.4, 0.5) is 8.78 Å². The molecule has 0 radical (unpaired) electrons. The molecule has 1 saturated carbocycles.